The first-order valence-electron chi connectivity index (χ1n) is 11.3. The second-order valence-corrected chi connectivity index (χ2v) is 8.47. The SMILES string of the molecule is C/C=C(\C)CC(F)(F)F.C/C=C/N1CCC(C(=O)Nc2ccc3c(c2)CCN3C(C)=O)CC1. The molecule has 0 radical (unpaired) electrons. The number of amides is 2. The minimum Gasteiger partial charge on any atom is -0.378 e. The van der Waals surface area contributed by atoms with E-state index in [1.165, 1.54) is 13.0 Å². The van der Waals surface area contributed by atoms with Crippen molar-refractivity contribution in [2.45, 2.75) is 59.6 Å². The smallest absolute Gasteiger partial charge is 0.378 e. The number of allylic oxidation sites excluding steroid dienone is 3. The van der Waals surface area contributed by atoms with Crippen molar-refractivity contribution in [3.63, 3.8) is 0 Å². The summed E-state index contributed by atoms with van der Waals surface area (Å²) in [6.45, 7) is 9.26. The van der Waals surface area contributed by atoms with Crippen LogP contribution in [-0.2, 0) is 16.0 Å². The molecule has 2 aliphatic rings. The quantitative estimate of drug-likeness (QED) is 0.582. The lowest BCUT2D eigenvalue weighted by molar-refractivity contribution is -0.127. The average molecular weight is 466 g/mol. The van der Waals surface area contributed by atoms with Gasteiger partial charge >= 0.3 is 6.18 Å². The van der Waals surface area contributed by atoms with Crippen LogP contribution in [0.2, 0.25) is 0 Å². The molecule has 1 aromatic rings. The summed E-state index contributed by atoms with van der Waals surface area (Å²) in [6, 6.07) is 5.84. The van der Waals surface area contributed by atoms with Gasteiger partial charge in [0.2, 0.25) is 11.8 Å². The second kappa shape index (κ2) is 11.9. The molecule has 1 fully saturated rings. The molecule has 5 nitrogen and oxygen atoms in total. The first kappa shape index (κ1) is 26.5. The van der Waals surface area contributed by atoms with Gasteiger partial charge in [-0.15, -0.1) is 0 Å². The van der Waals surface area contributed by atoms with E-state index in [1.54, 1.807) is 18.7 Å². The van der Waals surface area contributed by atoms with Gasteiger partial charge in [0.15, 0.2) is 0 Å². The standard InChI is InChI=1S/C19H25N3O2.C6H9F3/c1-3-9-21-10-6-15(7-11-21)19(24)20-17-4-5-18-16(13-17)8-12-22(18)14(2)23;1-3-5(2)4-6(7,8)9/h3-5,9,13,15H,6-8,10-12H2,1-2H3,(H,20,24);3H,4H2,1-2H3/b9-3+;5-3+. The maximum Gasteiger partial charge on any atom is 0.392 e. The molecule has 1 aromatic carbocycles. The molecule has 0 spiro atoms. The molecule has 33 heavy (non-hydrogen) atoms. The van der Waals surface area contributed by atoms with Crippen LogP contribution in [0.15, 0.2) is 42.1 Å². The average Bonchev–Trinajstić information content (AvgIpc) is 3.17. The normalized spacial score (nSPS) is 17.0. The molecule has 8 heteroatoms. The van der Waals surface area contributed by atoms with Crippen LogP contribution in [0.25, 0.3) is 0 Å². The van der Waals surface area contributed by atoms with Crippen molar-refractivity contribution in [2.75, 3.05) is 29.9 Å². The topological polar surface area (TPSA) is 52.7 Å². The molecule has 1 N–H and O–H groups in total. The highest BCUT2D eigenvalue weighted by molar-refractivity contribution is 5.96. The number of halogens is 3. The predicted molar refractivity (Wildman–Crippen MR) is 126 cm³/mol. The number of anilines is 2. The van der Waals surface area contributed by atoms with Gasteiger partial charge < -0.3 is 15.1 Å². The largest absolute Gasteiger partial charge is 0.392 e. The molecular weight excluding hydrogens is 431 g/mol. The zero-order valence-electron chi connectivity index (χ0n) is 19.8. The van der Waals surface area contributed by atoms with E-state index in [1.807, 2.05) is 31.2 Å². The van der Waals surface area contributed by atoms with Gasteiger partial charge in [-0.25, -0.2) is 0 Å². The molecule has 3 rings (SSSR count). The molecule has 0 aromatic heterocycles. The van der Waals surface area contributed by atoms with E-state index >= 15 is 0 Å². The first-order chi connectivity index (χ1) is 15.5. The Morgan fingerprint density at radius 1 is 1.12 bits per heavy atom. The number of nitrogens with one attached hydrogen (secondary N) is 1. The number of rotatable bonds is 4. The lowest BCUT2D eigenvalue weighted by Crippen LogP contribution is -2.35. The molecule has 0 saturated carbocycles. The van der Waals surface area contributed by atoms with Gasteiger partial charge in [-0.1, -0.05) is 17.7 Å². The van der Waals surface area contributed by atoms with Crippen LogP contribution in [0.5, 0.6) is 0 Å². The van der Waals surface area contributed by atoms with Crippen LogP contribution >= 0.6 is 0 Å². The van der Waals surface area contributed by atoms with Gasteiger partial charge in [0.05, 0.1) is 6.42 Å². The number of likely N-dealkylation sites (tertiary alicyclic amines) is 1. The number of nitrogens with zero attached hydrogens (tertiary/aromatic N) is 2. The fraction of sp³-hybridized carbons (Fsp3) is 0.520. The van der Waals surface area contributed by atoms with Crippen LogP contribution in [0, 0.1) is 5.92 Å². The van der Waals surface area contributed by atoms with Gasteiger partial charge in [0.25, 0.3) is 0 Å². The Hall–Kier alpha value is -2.77. The van der Waals surface area contributed by atoms with E-state index in [4.69, 9.17) is 0 Å². The first-order valence-corrected chi connectivity index (χ1v) is 11.3. The molecule has 1 saturated heterocycles. The van der Waals surface area contributed by atoms with E-state index < -0.39 is 12.6 Å². The third-order valence-electron chi connectivity index (χ3n) is 5.86. The number of carbonyl (C=O) groups is 2. The molecule has 0 unspecified atom stereocenters. The highest BCUT2D eigenvalue weighted by atomic mass is 19.4. The molecule has 2 heterocycles. The Kier molecular flexibility index (Phi) is 9.56. The third kappa shape index (κ3) is 8.26. The zero-order chi connectivity index (χ0) is 24.6. The van der Waals surface area contributed by atoms with Gasteiger partial charge in [-0.05, 0) is 70.0 Å². The Morgan fingerprint density at radius 3 is 2.30 bits per heavy atom. The van der Waals surface area contributed by atoms with E-state index in [9.17, 15) is 22.8 Å². The molecular formula is C25H34F3N3O2. The maximum absolute atomic E-state index is 12.5. The van der Waals surface area contributed by atoms with Gasteiger partial charge in [0.1, 0.15) is 0 Å². The second-order valence-electron chi connectivity index (χ2n) is 8.47. The number of alkyl halides is 3. The number of fused-ring (bicyclic) bond motifs is 1. The van der Waals surface area contributed by atoms with Crippen LogP contribution in [0.1, 0.15) is 52.5 Å². The summed E-state index contributed by atoms with van der Waals surface area (Å²) in [6.07, 6.45) is 3.39. The summed E-state index contributed by atoms with van der Waals surface area (Å²) < 4.78 is 34.4. The lowest BCUT2D eigenvalue weighted by atomic mass is 9.96. The maximum atomic E-state index is 12.5. The van der Waals surface area contributed by atoms with Crippen molar-refractivity contribution in [1.82, 2.24) is 4.90 Å². The summed E-state index contributed by atoms with van der Waals surface area (Å²) in [7, 11) is 0. The molecule has 0 bridgehead atoms. The zero-order valence-corrected chi connectivity index (χ0v) is 19.8. The van der Waals surface area contributed by atoms with Crippen molar-refractivity contribution in [1.29, 1.82) is 0 Å². The van der Waals surface area contributed by atoms with Crippen molar-refractivity contribution in [2.24, 2.45) is 5.92 Å². The minimum atomic E-state index is -4.05. The Bertz CT molecular complexity index is 885. The van der Waals surface area contributed by atoms with Crippen molar-refractivity contribution in [3.8, 4) is 0 Å². The molecule has 2 aliphatic heterocycles. The minimum absolute atomic E-state index is 0.0680. The number of hydrogen-bond acceptors (Lipinski definition) is 3. The molecule has 0 atom stereocenters. The van der Waals surface area contributed by atoms with Crippen LogP contribution in [-0.4, -0.2) is 42.5 Å². The number of benzene rings is 1. The third-order valence-corrected chi connectivity index (χ3v) is 5.86. The highest BCUT2D eigenvalue weighted by Crippen LogP contribution is 2.31. The fourth-order valence-electron chi connectivity index (χ4n) is 3.99. The van der Waals surface area contributed by atoms with Crippen molar-refractivity contribution >= 4 is 23.2 Å². The molecule has 182 valence electrons. The van der Waals surface area contributed by atoms with E-state index in [2.05, 4.69) is 16.4 Å². The number of hydrogen-bond donors (Lipinski definition) is 1. The van der Waals surface area contributed by atoms with Gasteiger partial charge in [-0.3, -0.25) is 9.59 Å². The van der Waals surface area contributed by atoms with Gasteiger partial charge in [0, 0.05) is 43.9 Å². The highest BCUT2D eigenvalue weighted by Gasteiger charge is 2.27. The fourth-order valence-corrected chi connectivity index (χ4v) is 3.99. The van der Waals surface area contributed by atoms with Crippen molar-refractivity contribution < 1.29 is 22.8 Å². The summed E-state index contributed by atoms with van der Waals surface area (Å²) in [5.41, 5.74) is 3.30. The van der Waals surface area contributed by atoms with E-state index in [0.29, 0.717) is 5.57 Å². The summed E-state index contributed by atoms with van der Waals surface area (Å²) >= 11 is 0. The van der Waals surface area contributed by atoms with E-state index in [0.717, 1.165) is 55.8 Å². The Morgan fingerprint density at radius 2 is 1.79 bits per heavy atom. The Balaban J connectivity index is 0.000000365. The Labute approximate surface area is 194 Å². The number of carbonyl (C=O) groups excluding carboxylic acids is 2. The predicted octanol–water partition coefficient (Wildman–Crippen LogP) is 5.68. The summed E-state index contributed by atoms with van der Waals surface area (Å²) in [4.78, 5) is 28.1. The molecule has 2 amide bonds. The van der Waals surface area contributed by atoms with E-state index in [-0.39, 0.29) is 17.7 Å². The number of piperidine rings is 1. The van der Waals surface area contributed by atoms with Gasteiger partial charge in [-0.2, -0.15) is 13.2 Å². The summed E-state index contributed by atoms with van der Waals surface area (Å²) in [5.74, 6) is 0.253. The monoisotopic (exact) mass is 465 g/mol. The molecule has 0 aliphatic carbocycles. The summed E-state index contributed by atoms with van der Waals surface area (Å²) in [5, 5.41) is 3.05. The van der Waals surface area contributed by atoms with Crippen LogP contribution in [0.3, 0.4) is 0 Å². The van der Waals surface area contributed by atoms with Crippen molar-refractivity contribution in [3.05, 3.63) is 47.7 Å². The lowest BCUT2D eigenvalue weighted by Gasteiger charge is -2.30. The van der Waals surface area contributed by atoms with Crippen LogP contribution in [0.4, 0.5) is 24.5 Å². The van der Waals surface area contributed by atoms with Crippen LogP contribution < -0.4 is 10.2 Å².